The number of hydrogen-bond donors (Lipinski definition) is 1. The van der Waals surface area contributed by atoms with E-state index in [4.69, 9.17) is 0 Å². The summed E-state index contributed by atoms with van der Waals surface area (Å²) >= 11 is 0. The molecular formula is C16H20N2O2. The number of aromatic nitrogens is 2. The molecule has 3 rings (SSSR count). The predicted octanol–water partition coefficient (Wildman–Crippen LogP) is 2.47. The molecule has 0 unspecified atom stereocenters. The summed E-state index contributed by atoms with van der Waals surface area (Å²) < 4.78 is 2.16. The lowest BCUT2D eigenvalue weighted by Gasteiger charge is -2.31. The van der Waals surface area contributed by atoms with E-state index in [9.17, 15) is 9.90 Å². The third kappa shape index (κ3) is 2.36. The van der Waals surface area contributed by atoms with Crippen molar-refractivity contribution in [2.75, 3.05) is 0 Å². The first-order valence-corrected chi connectivity index (χ1v) is 7.29. The number of hydrogen-bond acceptors (Lipinski definition) is 3. The Kier molecular flexibility index (Phi) is 3.34. The minimum Gasteiger partial charge on any atom is -0.389 e. The lowest BCUT2D eigenvalue weighted by molar-refractivity contribution is -0.125. The van der Waals surface area contributed by atoms with E-state index >= 15 is 0 Å². The summed E-state index contributed by atoms with van der Waals surface area (Å²) in [5.74, 6) is 1.18. The van der Waals surface area contributed by atoms with Gasteiger partial charge in [-0.2, -0.15) is 0 Å². The van der Waals surface area contributed by atoms with Gasteiger partial charge in [0.1, 0.15) is 11.6 Å². The Morgan fingerprint density at radius 2 is 2.00 bits per heavy atom. The van der Waals surface area contributed by atoms with Crippen molar-refractivity contribution in [1.82, 2.24) is 9.55 Å². The topological polar surface area (TPSA) is 55.1 Å². The summed E-state index contributed by atoms with van der Waals surface area (Å²) in [5.41, 5.74) is 1.31. The van der Waals surface area contributed by atoms with E-state index in [0.29, 0.717) is 32.1 Å². The molecule has 1 N–H and O–H groups in total. The highest BCUT2D eigenvalue weighted by Gasteiger charge is 2.34. The number of para-hydroxylation sites is 2. The maximum absolute atomic E-state index is 11.3. The number of carbonyl (C=O) groups is 1. The van der Waals surface area contributed by atoms with Crippen molar-refractivity contribution in [2.24, 2.45) is 0 Å². The highest BCUT2D eigenvalue weighted by Crippen LogP contribution is 2.30. The van der Waals surface area contributed by atoms with Gasteiger partial charge in [-0.3, -0.25) is 4.79 Å². The molecule has 1 aliphatic rings. The van der Waals surface area contributed by atoms with Crippen LogP contribution in [-0.4, -0.2) is 26.0 Å². The number of carbonyl (C=O) groups excluding carboxylic acids is 1. The minimum absolute atomic E-state index is 0.263. The number of aliphatic hydroxyl groups is 1. The number of aryl methyl sites for hydroxylation is 1. The second kappa shape index (κ2) is 5.02. The summed E-state index contributed by atoms with van der Waals surface area (Å²) in [6.45, 7) is 2.93. The van der Waals surface area contributed by atoms with Gasteiger partial charge in [-0.15, -0.1) is 0 Å². The molecule has 0 aliphatic heterocycles. The number of imidazole rings is 1. The Hall–Kier alpha value is -1.68. The SMILES string of the molecule is CCn1c(CC2(O)CCC(=O)CC2)nc2ccccc21. The van der Waals surface area contributed by atoms with Crippen molar-refractivity contribution in [3.63, 3.8) is 0 Å². The molecule has 20 heavy (non-hydrogen) atoms. The lowest BCUT2D eigenvalue weighted by Crippen LogP contribution is -2.37. The van der Waals surface area contributed by atoms with Gasteiger partial charge in [0.2, 0.25) is 0 Å². The summed E-state index contributed by atoms with van der Waals surface area (Å²) in [6, 6.07) is 8.05. The van der Waals surface area contributed by atoms with Gasteiger partial charge >= 0.3 is 0 Å². The first-order valence-electron chi connectivity index (χ1n) is 7.29. The van der Waals surface area contributed by atoms with Gasteiger partial charge in [0, 0.05) is 25.8 Å². The molecule has 0 spiro atoms. The predicted molar refractivity (Wildman–Crippen MR) is 77.5 cm³/mol. The van der Waals surface area contributed by atoms with Crippen LogP contribution in [0.25, 0.3) is 11.0 Å². The zero-order valence-corrected chi connectivity index (χ0v) is 11.8. The minimum atomic E-state index is -0.776. The Labute approximate surface area is 118 Å². The molecule has 4 heteroatoms. The number of benzene rings is 1. The van der Waals surface area contributed by atoms with E-state index in [1.165, 1.54) is 0 Å². The van der Waals surface area contributed by atoms with Crippen LogP contribution in [0.4, 0.5) is 0 Å². The third-order valence-corrected chi connectivity index (χ3v) is 4.28. The van der Waals surface area contributed by atoms with Crippen molar-refractivity contribution in [3.05, 3.63) is 30.1 Å². The zero-order valence-electron chi connectivity index (χ0n) is 11.8. The van der Waals surface area contributed by atoms with Gasteiger partial charge in [0.05, 0.1) is 16.6 Å². The molecule has 1 aromatic carbocycles. The summed E-state index contributed by atoms with van der Waals surface area (Å²) in [5, 5.41) is 10.7. The molecule has 0 radical (unpaired) electrons. The maximum Gasteiger partial charge on any atom is 0.133 e. The van der Waals surface area contributed by atoms with Gasteiger partial charge in [0.15, 0.2) is 0 Å². The molecule has 1 fully saturated rings. The monoisotopic (exact) mass is 272 g/mol. The standard InChI is InChI=1S/C16H20N2O2/c1-2-18-14-6-4-3-5-13(14)17-15(18)11-16(20)9-7-12(19)8-10-16/h3-6,20H,2,7-11H2,1H3. The fourth-order valence-corrected chi connectivity index (χ4v) is 3.08. The first kappa shape index (κ1) is 13.3. The van der Waals surface area contributed by atoms with Crippen molar-refractivity contribution in [1.29, 1.82) is 0 Å². The van der Waals surface area contributed by atoms with E-state index < -0.39 is 5.60 Å². The van der Waals surface area contributed by atoms with Crippen molar-refractivity contribution in [3.8, 4) is 0 Å². The van der Waals surface area contributed by atoms with Crippen molar-refractivity contribution >= 4 is 16.8 Å². The van der Waals surface area contributed by atoms with Crippen LogP contribution >= 0.6 is 0 Å². The number of fused-ring (bicyclic) bond motifs is 1. The van der Waals surface area contributed by atoms with E-state index in [1.807, 2.05) is 18.2 Å². The fourth-order valence-electron chi connectivity index (χ4n) is 3.08. The number of ketones is 1. The van der Waals surface area contributed by atoms with Crippen LogP contribution in [0.2, 0.25) is 0 Å². The molecule has 1 aromatic heterocycles. The Bertz CT molecular complexity index is 635. The van der Waals surface area contributed by atoms with Crippen LogP contribution in [0.15, 0.2) is 24.3 Å². The van der Waals surface area contributed by atoms with Gasteiger partial charge < -0.3 is 9.67 Å². The molecule has 0 amide bonds. The highest BCUT2D eigenvalue weighted by molar-refractivity contribution is 5.79. The summed E-state index contributed by atoms with van der Waals surface area (Å²) in [4.78, 5) is 16.0. The van der Waals surface area contributed by atoms with Crippen LogP contribution in [0.1, 0.15) is 38.4 Å². The van der Waals surface area contributed by atoms with Crippen molar-refractivity contribution < 1.29 is 9.90 Å². The molecule has 0 atom stereocenters. The summed E-state index contributed by atoms with van der Waals surface area (Å²) in [6.07, 6.45) is 2.62. The third-order valence-electron chi connectivity index (χ3n) is 4.28. The van der Waals surface area contributed by atoms with E-state index in [1.54, 1.807) is 0 Å². The van der Waals surface area contributed by atoms with Gasteiger partial charge in [-0.1, -0.05) is 12.1 Å². The molecule has 106 valence electrons. The fraction of sp³-hybridized carbons (Fsp3) is 0.500. The molecule has 0 saturated heterocycles. The average Bonchev–Trinajstić information content (AvgIpc) is 2.79. The summed E-state index contributed by atoms with van der Waals surface area (Å²) in [7, 11) is 0. The van der Waals surface area contributed by atoms with Gasteiger partial charge in [-0.05, 0) is 31.9 Å². The van der Waals surface area contributed by atoms with Gasteiger partial charge in [-0.25, -0.2) is 4.98 Å². The Morgan fingerprint density at radius 3 is 2.70 bits per heavy atom. The average molecular weight is 272 g/mol. The van der Waals surface area contributed by atoms with Crippen LogP contribution in [0, 0.1) is 0 Å². The largest absolute Gasteiger partial charge is 0.389 e. The lowest BCUT2D eigenvalue weighted by atomic mass is 9.81. The molecule has 4 nitrogen and oxygen atoms in total. The quantitative estimate of drug-likeness (QED) is 0.934. The second-order valence-corrected chi connectivity index (χ2v) is 5.70. The number of Topliss-reactive ketones (excluding diaryl/α,β-unsaturated/α-hetero) is 1. The van der Waals surface area contributed by atoms with E-state index in [0.717, 1.165) is 23.4 Å². The highest BCUT2D eigenvalue weighted by atomic mass is 16.3. The van der Waals surface area contributed by atoms with Gasteiger partial charge in [0.25, 0.3) is 0 Å². The molecule has 1 saturated carbocycles. The van der Waals surface area contributed by atoms with E-state index in [2.05, 4.69) is 22.5 Å². The smallest absolute Gasteiger partial charge is 0.133 e. The van der Waals surface area contributed by atoms with E-state index in [-0.39, 0.29) is 5.78 Å². The Balaban J connectivity index is 1.92. The molecule has 0 bridgehead atoms. The Morgan fingerprint density at radius 1 is 1.30 bits per heavy atom. The maximum atomic E-state index is 11.3. The number of rotatable bonds is 3. The first-order chi connectivity index (χ1) is 9.61. The van der Waals surface area contributed by atoms with Crippen LogP contribution in [-0.2, 0) is 17.8 Å². The molecular weight excluding hydrogens is 252 g/mol. The molecule has 2 aromatic rings. The van der Waals surface area contributed by atoms with Crippen LogP contribution in [0.3, 0.4) is 0 Å². The van der Waals surface area contributed by atoms with Crippen LogP contribution < -0.4 is 0 Å². The molecule has 1 heterocycles. The number of nitrogens with zero attached hydrogens (tertiary/aromatic N) is 2. The molecule has 1 aliphatic carbocycles. The second-order valence-electron chi connectivity index (χ2n) is 5.70. The zero-order chi connectivity index (χ0) is 14.2. The van der Waals surface area contributed by atoms with Crippen molar-refractivity contribution in [2.45, 2.75) is 51.2 Å². The van der Waals surface area contributed by atoms with Crippen LogP contribution in [0.5, 0.6) is 0 Å². The normalized spacial score (nSPS) is 18.6.